The molecule has 0 aliphatic rings. The molecule has 0 aliphatic heterocycles. The summed E-state index contributed by atoms with van der Waals surface area (Å²) in [6, 6.07) is 2.31. The Morgan fingerprint density at radius 2 is 2.12 bits per heavy atom. The van der Waals surface area contributed by atoms with E-state index < -0.39 is 0 Å². The van der Waals surface area contributed by atoms with Crippen molar-refractivity contribution in [2.24, 2.45) is 5.92 Å². The average molecular weight is 254 g/mol. The smallest absolute Gasteiger partial charge is 0.0223 e. The van der Waals surface area contributed by atoms with Gasteiger partial charge in [0.15, 0.2) is 0 Å². The van der Waals surface area contributed by atoms with Crippen molar-refractivity contribution >= 4 is 11.8 Å². The SMILES string of the molecule is CCn1c(C)cc(CNCC(C)CSC)c1C. The molecule has 0 saturated heterocycles. The molecule has 1 rings (SSSR count). The summed E-state index contributed by atoms with van der Waals surface area (Å²) in [4.78, 5) is 0. The first-order valence-electron chi connectivity index (χ1n) is 6.45. The zero-order valence-electron chi connectivity index (χ0n) is 11.8. The molecule has 0 fully saturated rings. The molecule has 0 amide bonds. The summed E-state index contributed by atoms with van der Waals surface area (Å²) in [6.45, 7) is 12.1. The van der Waals surface area contributed by atoms with Crippen LogP contribution >= 0.6 is 11.8 Å². The van der Waals surface area contributed by atoms with Gasteiger partial charge in [-0.05, 0) is 56.9 Å². The van der Waals surface area contributed by atoms with E-state index in [1.165, 1.54) is 22.7 Å². The Labute approximate surface area is 110 Å². The van der Waals surface area contributed by atoms with Crippen LogP contribution < -0.4 is 5.32 Å². The van der Waals surface area contributed by atoms with Gasteiger partial charge in [0.2, 0.25) is 0 Å². The van der Waals surface area contributed by atoms with Gasteiger partial charge in [0.05, 0.1) is 0 Å². The van der Waals surface area contributed by atoms with Crippen LogP contribution in [0, 0.1) is 19.8 Å². The minimum atomic E-state index is 0.750. The summed E-state index contributed by atoms with van der Waals surface area (Å²) in [7, 11) is 0. The number of rotatable bonds is 7. The first-order valence-corrected chi connectivity index (χ1v) is 7.84. The highest BCUT2D eigenvalue weighted by atomic mass is 32.2. The lowest BCUT2D eigenvalue weighted by Gasteiger charge is -2.11. The highest BCUT2D eigenvalue weighted by Crippen LogP contribution is 2.14. The number of aryl methyl sites for hydroxylation is 1. The van der Waals surface area contributed by atoms with Crippen LogP contribution in [0.15, 0.2) is 6.07 Å². The summed E-state index contributed by atoms with van der Waals surface area (Å²) >= 11 is 1.93. The third-order valence-corrected chi connectivity index (χ3v) is 4.16. The summed E-state index contributed by atoms with van der Waals surface area (Å²) in [5, 5.41) is 3.57. The maximum absolute atomic E-state index is 3.57. The first kappa shape index (κ1) is 14.7. The minimum absolute atomic E-state index is 0.750. The summed E-state index contributed by atoms with van der Waals surface area (Å²) in [5.74, 6) is 1.99. The predicted molar refractivity (Wildman–Crippen MR) is 78.8 cm³/mol. The molecule has 0 aliphatic carbocycles. The molecule has 1 unspecified atom stereocenters. The topological polar surface area (TPSA) is 17.0 Å². The lowest BCUT2D eigenvalue weighted by molar-refractivity contribution is 0.557. The third-order valence-electron chi connectivity index (χ3n) is 3.25. The number of aromatic nitrogens is 1. The van der Waals surface area contributed by atoms with Crippen LogP contribution in [-0.2, 0) is 13.1 Å². The zero-order valence-corrected chi connectivity index (χ0v) is 12.7. The molecule has 17 heavy (non-hydrogen) atoms. The average Bonchev–Trinajstić information content (AvgIpc) is 2.54. The van der Waals surface area contributed by atoms with Gasteiger partial charge in [0, 0.05) is 24.5 Å². The number of hydrogen-bond acceptors (Lipinski definition) is 2. The van der Waals surface area contributed by atoms with Gasteiger partial charge < -0.3 is 9.88 Å². The molecule has 1 heterocycles. The molecule has 2 nitrogen and oxygen atoms in total. The Morgan fingerprint density at radius 1 is 1.41 bits per heavy atom. The zero-order chi connectivity index (χ0) is 12.8. The Morgan fingerprint density at radius 3 is 2.65 bits per heavy atom. The van der Waals surface area contributed by atoms with E-state index >= 15 is 0 Å². The van der Waals surface area contributed by atoms with Gasteiger partial charge >= 0.3 is 0 Å². The Balaban J connectivity index is 2.47. The van der Waals surface area contributed by atoms with E-state index in [-0.39, 0.29) is 0 Å². The number of nitrogens with one attached hydrogen (secondary N) is 1. The lowest BCUT2D eigenvalue weighted by Crippen LogP contribution is -2.22. The van der Waals surface area contributed by atoms with Crippen molar-refractivity contribution in [3.05, 3.63) is 23.0 Å². The molecule has 3 heteroatoms. The van der Waals surface area contributed by atoms with Crippen molar-refractivity contribution in [3.8, 4) is 0 Å². The monoisotopic (exact) mass is 254 g/mol. The van der Waals surface area contributed by atoms with Gasteiger partial charge in [-0.2, -0.15) is 11.8 Å². The van der Waals surface area contributed by atoms with Crippen LogP contribution in [0.3, 0.4) is 0 Å². The van der Waals surface area contributed by atoms with Crippen LogP contribution in [0.2, 0.25) is 0 Å². The van der Waals surface area contributed by atoms with E-state index in [1.807, 2.05) is 11.8 Å². The molecule has 1 atom stereocenters. The molecular formula is C14H26N2S. The van der Waals surface area contributed by atoms with E-state index in [0.717, 1.165) is 25.6 Å². The van der Waals surface area contributed by atoms with Crippen molar-refractivity contribution in [1.82, 2.24) is 9.88 Å². The Kier molecular flexibility index (Phi) is 6.14. The van der Waals surface area contributed by atoms with Crippen LogP contribution in [0.4, 0.5) is 0 Å². The van der Waals surface area contributed by atoms with Gasteiger partial charge in [0.25, 0.3) is 0 Å². The molecule has 0 radical (unpaired) electrons. The fraction of sp³-hybridized carbons (Fsp3) is 0.714. The largest absolute Gasteiger partial charge is 0.349 e. The molecule has 0 bridgehead atoms. The van der Waals surface area contributed by atoms with Gasteiger partial charge in [-0.3, -0.25) is 0 Å². The quantitative estimate of drug-likeness (QED) is 0.804. The van der Waals surface area contributed by atoms with E-state index in [4.69, 9.17) is 0 Å². The van der Waals surface area contributed by atoms with Crippen LogP contribution in [0.25, 0.3) is 0 Å². The minimum Gasteiger partial charge on any atom is -0.349 e. The van der Waals surface area contributed by atoms with Gasteiger partial charge in [0.1, 0.15) is 0 Å². The third kappa shape index (κ3) is 4.07. The normalized spacial score (nSPS) is 13.0. The Bertz CT molecular complexity index is 344. The summed E-state index contributed by atoms with van der Waals surface area (Å²) in [6.07, 6.45) is 2.17. The molecule has 1 aromatic heterocycles. The highest BCUT2D eigenvalue weighted by Gasteiger charge is 2.07. The fourth-order valence-electron chi connectivity index (χ4n) is 2.33. The summed E-state index contributed by atoms with van der Waals surface area (Å²) < 4.78 is 2.38. The van der Waals surface area contributed by atoms with Crippen molar-refractivity contribution in [3.63, 3.8) is 0 Å². The maximum atomic E-state index is 3.57. The molecule has 1 aromatic rings. The van der Waals surface area contributed by atoms with Crippen LogP contribution in [0.1, 0.15) is 30.8 Å². The van der Waals surface area contributed by atoms with Crippen LogP contribution in [0.5, 0.6) is 0 Å². The summed E-state index contributed by atoms with van der Waals surface area (Å²) in [5.41, 5.74) is 4.23. The lowest BCUT2D eigenvalue weighted by atomic mass is 10.2. The van der Waals surface area contributed by atoms with Gasteiger partial charge in [-0.1, -0.05) is 6.92 Å². The maximum Gasteiger partial charge on any atom is 0.0223 e. The van der Waals surface area contributed by atoms with E-state index in [9.17, 15) is 0 Å². The van der Waals surface area contributed by atoms with Gasteiger partial charge in [-0.25, -0.2) is 0 Å². The second-order valence-corrected chi connectivity index (χ2v) is 5.74. The number of thioether (sulfide) groups is 1. The first-order chi connectivity index (χ1) is 8.10. The van der Waals surface area contributed by atoms with Crippen molar-refractivity contribution < 1.29 is 0 Å². The molecule has 1 N–H and O–H groups in total. The van der Waals surface area contributed by atoms with E-state index in [0.29, 0.717) is 0 Å². The van der Waals surface area contributed by atoms with E-state index in [2.05, 4.69) is 49.9 Å². The molecule has 0 spiro atoms. The highest BCUT2D eigenvalue weighted by molar-refractivity contribution is 7.98. The van der Waals surface area contributed by atoms with Crippen molar-refractivity contribution in [1.29, 1.82) is 0 Å². The van der Waals surface area contributed by atoms with Crippen molar-refractivity contribution in [2.75, 3.05) is 18.6 Å². The standard InChI is InChI=1S/C14H26N2S/c1-6-16-12(3)7-14(13(16)4)9-15-8-11(2)10-17-5/h7,11,15H,6,8-10H2,1-5H3. The number of nitrogens with zero attached hydrogens (tertiary/aromatic N) is 1. The van der Waals surface area contributed by atoms with Gasteiger partial charge in [-0.15, -0.1) is 0 Å². The van der Waals surface area contributed by atoms with E-state index in [1.54, 1.807) is 0 Å². The second-order valence-electron chi connectivity index (χ2n) is 4.83. The van der Waals surface area contributed by atoms with Crippen LogP contribution in [-0.4, -0.2) is 23.1 Å². The number of hydrogen-bond donors (Lipinski definition) is 1. The molecule has 0 saturated carbocycles. The Hall–Kier alpha value is -0.410. The van der Waals surface area contributed by atoms with Crippen molar-refractivity contribution in [2.45, 2.75) is 40.8 Å². The second kappa shape index (κ2) is 7.12. The fourth-order valence-corrected chi connectivity index (χ4v) is 3.02. The molecule has 98 valence electrons. The molecule has 0 aromatic carbocycles. The molecular weight excluding hydrogens is 228 g/mol. The predicted octanol–water partition coefficient (Wildman–Crippen LogP) is 3.21.